The van der Waals surface area contributed by atoms with Gasteiger partial charge in [0.1, 0.15) is 11.6 Å². The molecule has 0 spiro atoms. The quantitative estimate of drug-likeness (QED) is 0.182. The minimum atomic E-state index is -0.713. The van der Waals surface area contributed by atoms with E-state index in [0.29, 0.717) is 36.0 Å². The number of nitrogens with zero attached hydrogens (tertiary/aromatic N) is 1. The molecule has 0 saturated carbocycles. The van der Waals surface area contributed by atoms with Gasteiger partial charge in [-0.05, 0) is 67.8 Å². The third-order valence-corrected chi connectivity index (χ3v) is 4.47. The van der Waals surface area contributed by atoms with Crippen LogP contribution in [0.25, 0.3) is 12.2 Å². The Labute approximate surface area is 205 Å². The molecule has 8 heteroatoms. The molecule has 2 aromatic rings. The Morgan fingerprint density at radius 3 is 2.29 bits per heavy atom. The molecule has 0 amide bonds. The fourth-order valence-electron chi connectivity index (χ4n) is 2.91. The van der Waals surface area contributed by atoms with Crippen molar-refractivity contribution in [1.82, 2.24) is 0 Å². The summed E-state index contributed by atoms with van der Waals surface area (Å²) in [4.78, 5) is 24.3. The maximum absolute atomic E-state index is 12.4. The lowest BCUT2D eigenvalue weighted by Gasteiger charge is -2.11. The highest BCUT2D eigenvalue weighted by Gasteiger charge is 2.13. The first kappa shape index (κ1) is 27.0. The van der Waals surface area contributed by atoms with Crippen LogP contribution in [0.3, 0.4) is 0 Å². The summed E-state index contributed by atoms with van der Waals surface area (Å²) in [6, 6.07) is 11.9. The number of esters is 2. The number of carbonyl (C=O) groups excluding carboxylic acids is 2. The Morgan fingerprint density at radius 2 is 1.63 bits per heavy atom. The lowest BCUT2D eigenvalue weighted by molar-refractivity contribution is -0.138. The summed E-state index contributed by atoms with van der Waals surface area (Å²) in [5, 5.41) is 9.23. The Bertz CT molecular complexity index is 1130. The van der Waals surface area contributed by atoms with Gasteiger partial charge in [0, 0.05) is 6.08 Å². The predicted molar refractivity (Wildman–Crippen MR) is 131 cm³/mol. The highest BCUT2D eigenvalue weighted by Crippen LogP contribution is 2.31. The van der Waals surface area contributed by atoms with Crippen LogP contribution in [0, 0.1) is 11.3 Å². The molecule has 0 N–H and O–H groups in total. The number of carbonyl (C=O) groups is 2. The predicted octanol–water partition coefficient (Wildman–Crippen LogP) is 4.97. The van der Waals surface area contributed by atoms with Crippen LogP contribution in [-0.4, -0.2) is 38.9 Å². The van der Waals surface area contributed by atoms with Gasteiger partial charge < -0.3 is 23.7 Å². The zero-order chi connectivity index (χ0) is 25.6. The minimum absolute atomic E-state index is 0.150. The molecule has 0 aliphatic rings. The van der Waals surface area contributed by atoms with E-state index in [0.717, 1.165) is 12.0 Å². The van der Waals surface area contributed by atoms with E-state index in [1.54, 1.807) is 57.4 Å². The van der Waals surface area contributed by atoms with Gasteiger partial charge in [-0.2, -0.15) is 5.26 Å². The van der Waals surface area contributed by atoms with Crippen molar-refractivity contribution in [1.29, 1.82) is 5.26 Å². The second-order valence-electron chi connectivity index (χ2n) is 7.04. The summed E-state index contributed by atoms with van der Waals surface area (Å²) in [6.07, 6.45) is 5.15. The zero-order valence-corrected chi connectivity index (χ0v) is 20.3. The van der Waals surface area contributed by atoms with Crippen LogP contribution in [0.5, 0.6) is 23.0 Å². The second kappa shape index (κ2) is 14.1. The van der Waals surface area contributed by atoms with E-state index >= 15 is 0 Å². The first-order chi connectivity index (χ1) is 16.9. The number of methoxy groups -OCH3 is 1. The molecule has 0 unspecified atom stereocenters. The van der Waals surface area contributed by atoms with Gasteiger partial charge in [-0.15, -0.1) is 0 Å². The van der Waals surface area contributed by atoms with Crippen LogP contribution in [0.2, 0.25) is 0 Å². The number of hydrogen-bond acceptors (Lipinski definition) is 8. The van der Waals surface area contributed by atoms with Crippen molar-refractivity contribution < 1.29 is 33.3 Å². The fraction of sp³-hybridized carbons (Fsp3) is 0.296. The molecular formula is C27H29NO7. The molecular weight excluding hydrogens is 450 g/mol. The van der Waals surface area contributed by atoms with Crippen LogP contribution in [0.15, 0.2) is 48.0 Å². The molecule has 0 aliphatic heterocycles. The maximum Gasteiger partial charge on any atom is 0.348 e. The monoisotopic (exact) mass is 479 g/mol. The summed E-state index contributed by atoms with van der Waals surface area (Å²) in [6.45, 7) is 6.52. The Balaban J connectivity index is 2.18. The fourth-order valence-corrected chi connectivity index (χ4v) is 2.91. The lowest BCUT2D eigenvalue weighted by Crippen LogP contribution is -2.07. The van der Waals surface area contributed by atoms with E-state index in [4.69, 9.17) is 23.7 Å². The summed E-state index contributed by atoms with van der Waals surface area (Å²) in [7, 11) is 1.55. The topological polar surface area (TPSA) is 104 Å². The summed E-state index contributed by atoms with van der Waals surface area (Å²) in [5.41, 5.74) is 1.10. The first-order valence-electron chi connectivity index (χ1n) is 11.2. The first-order valence-corrected chi connectivity index (χ1v) is 11.2. The van der Waals surface area contributed by atoms with Gasteiger partial charge in [0.15, 0.2) is 23.0 Å². The third kappa shape index (κ3) is 8.23. The van der Waals surface area contributed by atoms with Gasteiger partial charge in [0.05, 0.1) is 26.9 Å². The Morgan fingerprint density at radius 1 is 0.914 bits per heavy atom. The summed E-state index contributed by atoms with van der Waals surface area (Å²) in [5.74, 6) is 0.374. The van der Waals surface area contributed by atoms with Crippen LogP contribution in [-0.2, 0) is 14.3 Å². The maximum atomic E-state index is 12.4. The zero-order valence-electron chi connectivity index (χ0n) is 20.3. The smallest absolute Gasteiger partial charge is 0.348 e. The average molecular weight is 480 g/mol. The molecule has 0 atom stereocenters. The molecule has 0 aliphatic carbocycles. The SMILES string of the molecule is CCCOc1ccc(C=CC(=O)Oc2ccc(C=C(C#N)C(=O)OCC)cc2OCC)cc1OC. The molecule has 0 radical (unpaired) electrons. The standard InChI is InChI=1S/C27H29NO7/c1-5-14-34-22-11-8-19(16-24(22)31-4)10-13-26(29)35-23-12-9-20(17-25(23)32-6-2)15-21(18-28)27(30)33-7-3/h8-13,15-17H,5-7,14H2,1-4H3. The van der Waals surface area contributed by atoms with Crippen molar-refractivity contribution in [3.63, 3.8) is 0 Å². The summed E-state index contributed by atoms with van der Waals surface area (Å²) >= 11 is 0. The highest BCUT2D eigenvalue weighted by molar-refractivity contribution is 5.98. The van der Waals surface area contributed by atoms with E-state index in [1.165, 1.54) is 18.2 Å². The molecule has 0 heterocycles. The molecule has 0 aromatic heterocycles. The molecule has 0 fully saturated rings. The number of hydrogen-bond donors (Lipinski definition) is 0. The minimum Gasteiger partial charge on any atom is -0.493 e. The van der Waals surface area contributed by atoms with E-state index in [9.17, 15) is 14.9 Å². The van der Waals surface area contributed by atoms with Crippen LogP contribution in [0.4, 0.5) is 0 Å². The van der Waals surface area contributed by atoms with E-state index in [-0.39, 0.29) is 17.9 Å². The molecule has 2 rings (SSSR count). The van der Waals surface area contributed by atoms with Gasteiger partial charge in [-0.3, -0.25) is 0 Å². The van der Waals surface area contributed by atoms with Crippen molar-refractivity contribution in [3.8, 4) is 29.1 Å². The van der Waals surface area contributed by atoms with Gasteiger partial charge in [0.25, 0.3) is 0 Å². The second-order valence-corrected chi connectivity index (χ2v) is 7.04. The van der Waals surface area contributed by atoms with Gasteiger partial charge in [-0.25, -0.2) is 9.59 Å². The van der Waals surface area contributed by atoms with Crippen LogP contribution >= 0.6 is 0 Å². The van der Waals surface area contributed by atoms with Crippen LogP contribution < -0.4 is 18.9 Å². The molecule has 184 valence electrons. The van der Waals surface area contributed by atoms with Crippen molar-refractivity contribution in [3.05, 3.63) is 59.2 Å². The highest BCUT2D eigenvalue weighted by atomic mass is 16.6. The van der Waals surface area contributed by atoms with Gasteiger partial charge in [0.2, 0.25) is 0 Å². The van der Waals surface area contributed by atoms with Gasteiger partial charge >= 0.3 is 11.9 Å². The van der Waals surface area contributed by atoms with Gasteiger partial charge in [-0.1, -0.05) is 19.1 Å². The van der Waals surface area contributed by atoms with E-state index < -0.39 is 11.9 Å². The molecule has 8 nitrogen and oxygen atoms in total. The van der Waals surface area contributed by atoms with E-state index in [2.05, 4.69) is 0 Å². The van der Waals surface area contributed by atoms with Crippen molar-refractivity contribution >= 4 is 24.1 Å². The van der Waals surface area contributed by atoms with Crippen LogP contribution in [0.1, 0.15) is 38.3 Å². The molecule has 0 bridgehead atoms. The van der Waals surface area contributed by atoms with Crippen molar-refractivity contribution in [2.45, 2.75) is 27.2 Å². The number of benzene rings is 2. The third-order valence-electron chi connectivity index (χ3n) is 4.47. The largest absolute Gasteiger partial charge is 0.493 e. The molecule has 35 heavy (non-hydrogen) atoms. The molecule has 2 aromatic carbocycles. The van der Waals surface area contributed by atoms with Crippen molar-refractivity contribution in [2.24, 2.45) is 0 Å². The summed E-state index contributed by atoms with van der Waals surface area (Å²) < 4.78 is 26.9. The van der Waals surface area contributed by atoms with E-state index in [1.807, 2.05) is 13.0 Å². The molecule has 0 saturated heterocycles. The van der Waals surface area contributed by atoms with Crippen molar-refractivity contribution in [2.75, 3.05) is 26.9 Å². The number of rotatable bonds is 12. The Hall–Kier alpha value is -4.25. The lowest BCUT2D eigenvalue weighted by atomic mass is 10.1. The number of ether oxygens (including phenoxy) is 5. The Kier molecular flexibility index (Phi) is 10.9. The average Bonchev–Trinajstić information content (AvgIpc) is 2.86. The number of nitriles is 1. The normalized spacial score (nSPS) is 11.0.